The first-order valence-electron chi connectivity index (χ1n) is 18.0. The summed E-state index contributed by atoms with van der Waals surface area (Å²) < 4.78 is 61.2. The van der Waals surface area contributed by atoms with E-state index < -0.39 is 0 Å². The molecule has 0 saturated carbocycles. The van der Waals surface area contributed by atoms with E-state index in [0.717, 1.165) is 43.8 Å². The molecule has 0 aliphatic rings. The predicted octanol–water partition coefficient (Wildman–Crippen LogP) is 12.6. The summed E-state index contributed by atoms with van der Waals surface area (Å²) in [7, 11) is 0. The molecule has 0 saturated heterocycles. The third kappa shape index (κ3) is 4.17. The Bertz CT molecular complexity index is 2800. The summed E-state index contributed by atoms with van der Waals surface area (Å²) in [5.74, 6) is 0. The van der Waals surface area contributed by atoms with Crippen molar-refractivity contribution in [1.29, 1.82) is 0 Å². The van der Waals surface area contributed by atoms with Crippen LogP contribution >= 0.6 is 0 Å². The summed E-state index contributed by atoms with van der Waals surface area (Å²) in [5.41, 5.74) is 6.32. The van der Waals surface area contributed by atoms with Crippen molar-refractivity contribution in [2.75, 3.05) is 0 Å². The Morgan fingerprint density at radius 3 is 1.62 bits per heavy atom. The lowest BCUT2D eigenvalue weighted by Gasteiger charge is -2.18. The van der Waals surface area contributed by atoms with Gasteiger partial charge < -0.3 is 4.42 Å². The molecule has 9 rings (SSSR count). The summed E-state index contributed by atoms with van der Waals surface area (Å²) in [6.45, 7) is 0. The van der Waals surface area contributed by atoms with Crippen molar-refractivity contribution < 1.29 is 12.6 Å². The van der Waals surface area contributed by atoms with Crippen LogP contribution in [0.3, 0.4) is 0 Å². The maximum absolute atomic E-state index is 9.75. The van der Waals surface area contributed by atoms with E-state index in [0.29, 0.717) is 16.7 Å². The minimum atomic E-state index is -0.288. The normalized spacial score (nSPS) is 13.4. The number of furan rings is 1. The SMILES string of the molecule is [2H]c1c(-c2c3ccccc3c(-c3cccc(-c4ccccc4)c3)c3ccccc23)c([2H])c2c(oc3c(-c4ccccc4)c([2H])c([2H])c([2H])c32)c1[2H]. The van der Waals surface area contributed by atoms with E-state index in [2.05, 4.69) is 48.5 Å². The summed E-state index contributed by atoms with van der Waals surface area (Å²) in [6, 6.07) is 42.7. The van der Waals surface area contributed by atoms with Gasteiger partial charge in [0.1, 0.15) is 11.2 Å². The Morgan fingerprint density at radius 2 is 0.956 bits per heavy atom. The maximum Gasteiger partial charge on any atom is 0.143 e. The third-order valence-corrected chi connectivity index (χ3v) is 8.56. The van der Waals surface area contributed by atoms with Crippen molar-refractivity contribution in [3.05, 3.63) is 170 Å². The molecule has 0 aliphatic heterocycles. The molecule has 0 unspecified atom stereocenters. The number of hydrogen-bond donors (Lipinski definition) is 0. The summed E-state index contributed by atoms with van der Waals surface area (Å²) in [6.07, 6.45) is 0. The lowest BCUT2D eigenvalue weighted by molar-refractivity contribution is 0.670. The highest BCUT2D eigenvalue weighted by atomic mass is 16.3. The molecule has 0 aliphatic carbocycles. The second-order valence-electron chi connectivity index (χ2n) is 11.2. The van der Waals surface area contributed by atoms with Crippen LogP contribution in [0.2, 0.25) is 0 Å². The molecule has 0 fully saturated rings. The number of hydrogen-bond acceptors (Lipinski definition) is 1. The second-order valence-corrected chi connectivity index (χ2v) is 11.2. The van der Waals surface area contributed by atoms with Gasteiger partial charge >= 0.3 is 0 Å². The summed E-state index contributed by atoms with van der Waals surface area (Å²) in [4.78, 5) is 0. The van der Waals surface area contributed by atoms with Crippen LogP contribution in [0.1, 0.15) is 8.22 Å². The van der Waals surface area contributed by atoms with Crippen LogP contribution in [0, 0.1) is 0 Å². The van der Waals surface area contributed by atoms with E-state index in [4.69, 9.17) is 8.53 Å². The first kappa shape index (κ1) is 20.1. The van der Waals surface area contributed by atoms with Crippen LogP contribution < -0.4 is 0 Å². The van der Waals surface area contributed by atoms with Crippen LogP contribution in [0.15, 0.2) is 174 Å². The zero-order chi connectivity index (χ0) is 35.0. The smallest absolute Gasteiger partial charge is 0.143 e. The van der Waals surface area contributed by atoms with E-state index in [-0.39, 0.29) is 63.8 Å². The highest BCUT2D eigenvalue weighted by molar-refractivity contribution is 6.22. The molecule has 1 heteroatoms. The van der Waals surface area contributed by atoms with Gasteiger partial charge in [-0.15, -0.1) is 0 Å². The van der Waals surface area contributed by atoms with Gasteiger partial charge in [0.15, 0.2) is 0 Å². The predicted molar refractivity (Wildman–Crippen MR) is 190 cm³/mol. The lowest BCUT2D eigenvalue weighted by Crippen LogP contribution is -1.91. The molecule has 8 aromatic carbocycles. The van der Waals surface area contributed by atoms with Gasteiger partial charge in [0, 0.05) is 16.3 Å². The highest BCUT2D eigenvalue weighted by Crippen LogP contribution is 2.45. The fourth-order valence-corrected chi connectivity index (χ4v) is 6.55. The van der Waals surface area contributed by atoms with Crippen LogP contribution in [-0.4, -0.2) is 0 Å². The van der Waals surface area contributed by atoms with E-state index in [9.17, 15) is 4.11 Å². The van der Waals surface area contributed by atoms with Crippen molar-refractivity contribution in [3.8, 4) is 44.5 Å². The first-order valence-corrected chi connectivity index (χ1v) is 15.0. The van der Waals surface area contributed by atoms with Gasteiger partial charge in [-0.25, -0.2) is 0 Å². The minimum Gasteiger partial charge on any atom is -0.455 e. The molecular formula is C44H28O. The lowest BCUT2D eigenvalue weighted by atomic mass is 9.85. The average Bonchev–Trinajstić information content (AvgIpc) is 3.57. The Morgan fingerprint density at radius 1 is 0.400 bits per heavy atom. The molecule has 0 radical (unpaired) electrons. The largest absolute Gasteiger partial charge is 0.455 e. The summed E-state index contributed by atoms with van der Waals surface area (Å²) >= 11 is 0. The van der Waals surface area contributed by atoms with E-state index in [1.54, 1.807) is 0 Å². The number of rotatable bonds is 4. The molecule has 1 nitrogen and oxygen atoms in total. The number of benzene rings is 8. The van der Waals surface area contributed by atoms with Crippen LogP contribution in [-0.2, 0) is 0 Å². The van der Waals surface area contributed by atoms with Crippen LogP contribution in [0.25, 0.3) is 88.0 Å². The molecule has 0 bridgehead atoms. The third-order valence-electron chi connectivity index (χ3n) is 8.56. The van der Waals surface area contributed by atoms with Gasteiger partial charge in [0.2, 0.25) is 0 Å². The van der Waals surface area contributed by atoms with Crippen molar-refractivity contribution in [2.24, 2.45) is 0 Å². The molecule has 1 aromatic heterocycles. The number of fused-ring (bicyclic) bond motifs is 5. The fraction of sp³-hybridized carbons (Fsp3) is 0. The van der Waals surface area contributed by atoms with Crippen molar-refractivity contribution >= 4 is 43.5 Å². The van der Waals surface area contributed by atoms with Crippen LogP contribution in [0.4, 0.5) is 0 Å². The Hall–Kier alpha value is -5.92. The highest BCUT2D eigenvalue weighted by Gasteiger charge is 2.19. The molecule has 0 spiro atoms. The van der Waals surface area contributed by atoms with Gasteiger partial charge in [-0.1, -0.05) is 152 Å². The molecular weight excluding hydrogens is 544 g/mol. The average molecular weight is 579 g/mol. The Balaban J connectivity index is 1.40. The maximum atomic E-state index is 9.75. The topological polar surface area (TPSA) is 13.1 Å². The second kappa shape index (κ2) is 10.4. The standard InChI is InChI=1S/C44H28O/c1-3-13-29(14-4-1)31-17-11-18-32(27-31)42-35-19-7-9-21-37(35)43(38-22-10-8-20-36(38)42)33-25-26-41-40(28-33)39-24-12-23-34(44(39)45-41)30-15-5-2-6-16-30/h1-28H/i12D,23D,24D,25D,26D,28D. The Kier molecular flexibility index (Phi) is 4.63. The monoisotopic (exact) mass is 578 g/mol. The zero-order valence-corrected chi connectivity index (χ0v) is 24.1. The van der Waals surface area contributed by atoms with Gasteiger partial charge in [-0.05, 0) is 78.6 Å². The van der Waals surface area contributed by atoms with E-state index >= 15 is 0 Å². The quantitative estimate of drug-likeness (QED) is 0.189. The molecule has 0 N–H and O–H groups in total. The minimum absolute atomic E-state index is 0.00221. The van der Waals surface area contributed by atoms with Gasteiger partial charge in [0.25, 0.3) is 0 Å². The molecule has 9 aromatic rings. The van der Waals surface area contributed by atoms with Crippen LogP contribution in [0.5, 0.6) is 0 Å². The molecule has 210 valence electrons. The fourth-order valence-electron chi connectivity index (χ4n) is 6.55. The zero-order valence-electron chi connectivity index (χ0n) is 30.1. The number of para-hydroxylation sites is 1. The first-order chi connectivity index (χ1) is 24.8. The Labute approximate surface area is 270 Å². The molecule has 0 atom stereocenters. The van der Waals surface area contributed by atoms with Gasteiger partial charge in [0.05, 0.1) is 8.22 Å². The van der Waals surface area contributed by atoms with Gasteiger partial charge in [-0.2, -0.15) is 0 Å². The molecule has 0 amide bonds. The van der Waals surface area contributed by atoms with Crippen molar-refractivity contribution in [1.82, 2.24) is 0 Å². The molecule has 1 heterocycles. The van der Waals surface area contributed by atoms with E-state index in [1.165, 1.54) is 0 Å². The van der Waals surface area contributed by atoms with Crippen molar-refractivity contribution in [3.63, 3.8) is 0 Å². The van der Waals surface area contributed by atoms with Gasteiger partial charge in [-0.3, -0.25) is 0 Å². The summed E-state index contributed by atoms with van der Waals surface area (Å²) in [5, 5.41) is 3.95. The van der Waals surface area contributed by atoms with Crippen molar-refractivity contribution in [2.45, 2.75) is 0 Å². The molecule has 45 heavy (non-hydrogen) atoms. The van der Waals surface area contributed by atoms with E-state index in [1.807, 2.05) is 84.9 Å².